The average Bonchev–Trinajstić information content (AvgIpc) is 2.95. The molecule has 7 nitrogen and oxygen atoms in total. The van der Waals surface area contributed by atoms with Crippen LogP contribution in [-0.4, -0.2) is 37.7 Å². The summed E-state index contributed by atoms with van der Waals surface area (Å²) in [5, 5.41) is 6.41. The second-order valence-electron chi connectivity index (χ2n) is 5.40. The van der Waals surface area contributed by atoms with E-state index in [0.29, 0.717) is 31.5 Å². The van der Waals surface area contributed by atoms with Crippen molar-refractivity contribution in [2.24, 2.45) is 4.99 Å². The number of nitrogens with one attached hydrogen (secondary N) is 2. The normalized spacial score (nSPS) is 10.8. The predicted octanol–water partition coefficient (Wildman–Crippen LogP) is 3.05. The van der Waals surface area contributed by atoms with Gasteiger partial charge in [0.15, 0.2) is 5.96 Å². The smallest absolute Gasteiger partial charge is 0.216 e. The maximum absolute atomic E-state index is 5.68. The Labute approximate surface area is 171 Å². The molecule has 0 atom stereocenters. The van der Waals surface area contributed by atoms with Crippen molar-refractivity contribution in [2.45, 2.75) is 27.3 Å². The number of ether oxygens (including phenoxy) is 2. The number of aryl methyl sites for hydroxylation is 2. The summed E-state index contributed by atoms with van der Waals surface area (Å²) in [7, 11) is 1.64. The lowest BCUT2D eigenvalue weighted by molar-refractivity contribution is 0.321. The third-order valence-corrected chi connectivity index (χ3v) is 3.51. The zero-order valence-corrected chi connectivity index (χ0v) is 18.0. The molecule has 1 heterocycles. The minimum Gasteiger partial charge on any atom is -0.497 e. The van der Waals surface area contributed by atoms with Gasteiger partial charge in [0.05, 0.1) is 19.3 Å². The van der Waals surface area contributed by atoms with Crippen LogP contribution in [0.5, 0.6) is 11.5 Å². The molecule has 0 spiro atoms. The van der Waals surface area contributed by atoms with Crippen LogP contribution in [0.1, 0.15) is 24.3 Å². The Bertz CT molecular complexity index is 667. The Morgan fingerprint density at radius 2 is 1.85 bits per heavy atom. The first-order valence-electron chi connectivity index (χ1n) is 8.34. The second kappa shape index (κ2) is 11.6. The van der Waals surface area contributed by atoms with Gasteiger partial charge in [0.25, 0.3) is 0 Å². The third kappa shape index (κ3) is 7.11. The molecule has 2 rings (SSSR count). The van der Waals surface area contributed by atoms with Crippen LogP contribution in [0, 0.1) is 13.8 Å². The molecule has 2 N–H and O–H groups in total. The topological polar surface area (TPSA) is 80.9 Å². The molecule has 0 aliphatic heterocycles. The lowest BCUT2D eigenvalue weighted by Crippen LogP contribution is -2.39. The summed E-state index contributed by atoms with van der Waals surface area (Å²) < 4.78 is 16.3. The minimum absolute atomic E-state index is 0. The van der Waals surface area contributed by atoms with E-state index in [1.165, 1.54) is 0 Å². The maximum Gasteiger partial charge on any atom is 0.216 e. The Kier molecular flexibility index (Phi) is 9.85. The number of aliphatic imine (C=N–C) groups is 1. The van der Waals surface area contributed by atoms with E-state index in [1.54, 1.807) is 7.11 Å². The van der Waals surface area contributed by atoms with Crippen molar-refractivity contribution in [3.8, 4) is 11.5 Å². The summed E-state index contributed by atoms with van der Waals surface area (Å²) in [4.78, 5) is 8.80. The predicted molar refractivity (Wildman–Crippen MR) is 113 cm³/mol. The number of benzene rings is 1. The fourth-order valence-electron chi connectivity index (χ4n) is 2.11. The molecule has 0 unspecified atom stereocenters. The van der Waals surface area contributed by atoms with Crippen molar-refractivity contribution >= 4 is 29.9 Å². The van der Waals surface area contributed by atoms with Crippen LogP contribution in [0.25, 0.3) is 0 Å². The summed E-state index contributed by atoms with van der Waals surface area (Å²) in [5.74, 6) is 3.76. The van der Waals surface area contributed by atoms with Crippen LogP contribution in [0.15, 0.2) is 33.7 Å². The Morgan fingerprint density at radius 3 is 2.42 bits per heavy atom. The quantitative estimate of drug-likeness (QED) is 0.265. The van der Waals surface area contributed by atoms with Gasteiger partial charge in [0.2, 0.25) is 5.89 Å². The highest BCUT2D eigenvalue weighted by molar-refractivity contribution is 14.0. The molecule has 1 aromatic carbocycles. The Morgan fingerprint density at radius 1 is 1.15 bits per heavy atom. The summed E-state index contributed by atoms with van der Waals surface area (Å²) in [6.45, 7) is 8.15. The van der Waals surface area contributed by atoms with Crippen LogP contribution in [-0.2, 0) is 6.54 Å². The van der Waals surface area contributed by atoms with Crippen molar-refractivity contribution in [2.75, 3.05) is 26.8 Å². The third-order valence-electron chi connectivity index (χ3n) is 3.51. The molecule has 0 bridgehead atoms. The lowest BCUT2D eigenvalue weighted by Gasteiger charge is -2.12. The minimum atomic E-state index is 0. The first kappa shape index (κ1) is 22.1. The van der Waals surface area contributed by atoms with Gasteiger partial charge in [-0.25, -0.2) is 9.98 Å². The summed E-state index contributed by atoms with van der Waals surface area (Å²) in [5.41, 5.74) is 0.899. The van der Waals surface area contributed by atoms with Gasteiger partial charge in [-0.15, -0.1) is 24.0 Å². The van der Waals surface area contributed by atoms with Gasteiger partial charge in [-0.2, -0.15) is 0 Å². The molecule has 0 amide bonds. The van der Waals surface area contributed by atoms with Gasteiger partial charge in [0, 0.05) is 6.54 Å². The standard InChI is InChI=1S/C18H26N4O3.HI/c1-5-19-18(21-12-17-22-13(2)14(3)25-17)20-10-11-24-16-8-6-15(23-4)7-9-16;/h6-9H,5,10-12H2,1-4H3,(H2,19,20,21);1H. The van der Waals surface area contributed by atoms with E-state index in [1.807, 2.05) is 45.0 Å². The number of hydrogen-bond donors (Lipinski definition) is 2. The van der Waals surface area contributed by atoms with Crippen molar-refractivity contribution in [1.82, 2.24) is 15.6 Å². The van der Waals surface area contributed by atoms with E-state index in [9.17, 15) is 0 Å². The van der Waals surface area contributed by atoms with Crippen LogP contribution >= 0.6 is 24.0 Å². The van der Waals surface area contributed by atoms with Crippen molar-refractivity contribution in [3.05, 3.63) is 41.6 Å². The zero-order chi connectivity index (χ0) is 18.1. The first-order valence-corrected chi connectivity index (χ1v) is 8.34. The van der Waals surface area contributed by atoms with Gasteiger partial charge in [0.1, 0.15) is 30.4 Å². The molecule has 26 heavy (non-hydrogen) atoms. The largest absolute Gasteiger partial charge is 0.497 e. The van der Waals surface area contributed by atoms with E-state index in [2.05, 4.69) is 20.6 Å². The van der Waals surface area contributed by atoms with Gasteiger partial charge >= 0.3 is 0 Å². The van der Waals surface area contributed by atoms with Crippen LogP contribution < -0.4 is 20.1 Å². The van der Waals surface area contributed by atoms with E-state index >= 15 is 0 Å². The molecular formula is C18H27IN4O3. The highest BCUT2D eigenvalue weighted by atomic mass is 127. The van der Waals surface area contributed by atoms with Crippen LogP contribution in [0.4, 0.5) is 0 Å². The summed E-state index contributed by atoms with van der Waals surface area (Å²) >= 11 is 0. The van der Waals surface area contributed by atoms with Gasteiger partial charge in [-0.3, -0.25) is 0 Å². The van der Waals surface area contributed by atoms with Gasteiger partial charge < -0.3 is 24.5 Å². The van der Waals surface area contributed by atoms with Crippen molar-refractivity contribution in [3.63, 3.8) is 0 Å². The lowest BCUT2D eigenvalue weighted by atomic mass is 10.3. The summed E-state index contributed by atoms with van der Waals surface area (Å²) in [6.07, 6.45) is 0. The SMILES string of the molecule is CCNC(=NCc1nc(C)c(C)o1)NCCOc1ccc(OC)cc1.I. The highest BCUT2D eigenvalue weighted by Crippen LogP contribution is 2.16. The molecule has 0 fully saturated rings. The van der Waals surface area contributed by atoms with Crippen LogP contribution in [0.2, 0.25) is 0 Å². The number of halogens is 1. The molecular weight excluding hydrogens is 447 g/mol. The summed E-state index contributed by atoms with van der Waals surface area (Å²) in [6, 6.07) is 7.50. The van der Waals surface area contributed by atoms with E-state index in [-0.39, 0.29) is 24.0 Å². The number of nitrogens with zero attached hydrogens (tertiary/aromatic N) is 2. The number of hydrogen-bond acceptors (Lipinski definition) is 5. The molecule has 2 aromatic rings. The van der Waals surface area contributed by atoms with E-state index in [4.69, 9.17) is 13.9 Å². The Hall–Kier alpha value is -1.97. The monoisotopic (exact) mass is 474 g/mol. The molecule has 0 saturated heterocycles. The fourth-order valence-corrected chi connectivity index (χ4v) is 2.11. The zero-order valence-electron chi connectivity index (χ0n) is 15.7. The molecule has 1 aromatic heterocycles. The van der Waals surface area contributed by atoms with Crippen molar-refractivity contribution < 1.29 is 13.9 Å². The number of rotatable bonds is 8. The van der Waals surface area contributed by atoms with E-state index < -0.39 is 0 Å². The number of guanidine groups is 1. The molecule has 0 radical (unpaired) electrons. The maximum atomic E-state index is 5.68. The van der Waals surface area contributed by atoms with Gasteiger partial charge in [-0.1, -0.05) is 0 Å². The molecule has 144 valence electrons. The molecule has 0 aliphatic rings. The average molecular weight is 474 g/mol. The van der Waals surface area contributed by atoms with Crippen molar-refractivity contribution in [1.29, 1.82) is 0 Å². The number of methoxy groups -OCH3 is 1. The Balaban J connectivity index is 0.00000338. The highest BCUT2D eigenvalue weighted by Gasteiger charge is 2.05. The molecule has 0 aliphatic carbocycles. The second-order valence-corrected chi connectivity index (χ2v) is 5.40. The molecule has 0 saturated carbocycles. The van der Waals surface area contributed by atoms with E-state index in [0.717, 1.165) is 29.5 Å². The fraction of sp³-hybridized carbons (Fsp3) is 0.444. The molecule has 8 heteroatoms. The number of oxazole rings is 1. The van der Waals surface area contributed by atoms with Gasteiger partial charge in [-0.05, 0) is 45.0 Å². The first-order chi connectivity index (χ1) is 12.1. The number of aromatic nitrogens is 1. The van der Waals surface area contributed by atoms with Crippen LogP contribution in [0.3, 0.4) is 0 Å².